The van der Waals surface area contributed by atoms with E-state index in [9.17, 15) is 9.59 Å². The van der Waals surface area contributed by atoms with E-state index in [-0.39, 0.29) is 23.8 Å². The molecule has 0 spiro atoms. The van der Waals surface area contributed by atoms with Crippen LogP contribution in [0.2, 0.25) is 0 Å². The Morgan fingerprint density at radius 1 is 0.864 bits per heavy atom. The molecule has 0 aromatic heterocycles. The summed E-state index contributed by atoms with van der Waals surface area (Å²) in [5.41, 5.74) is 5.58. The minimum atomic E-state index is -0.556. The van der Waals surface area contributed by atoms with Gasteiger partial charge in [0.1, 0.15) is 18.5 Å². The molecule has 7 nitrogen and oxygen atoms in total. The topological polar surface area (TPSA) is 83.1 Å². The van der Waals surface area contributed by atoms with Gasteiger partial charge in [-0.2, -0.15) is 0 Å². The Morgan fingerprint density at radius 2 is 1.64 bits per heavy atom. The molecule has 3 aromatic carbocycles. The second-order valence-electron chi connectivity index (χ2n) is 11.8. The summed E-state index contributed by atoms with van der Waals surface area (Å²) in [6.07, 6.45) is 4.72. The Morgan fingerprint density at radius 3 is 2.39 bits per heavy atom. The number of hydrogen-bond donors (Lipinski definition) is 1. The van der Waals surface area contributed by atoms with Gasteiger partial charge in [0.05, 0.1) is 19.8 Å². The lowest BCUT2D eigenvalue weighted by Gasteiger charge is -2.37. The van der Waals surface area contributed by atoms with E-state index in [0.29, 0.717) is 53.5 Å². The van der Waals surface area contributed by atoms with Gasteiger partial charge in [-0.05, 0) is 85.9 Å². The molecule has 3 aromatic rings. The molecule has 0 radical (unpaired) electrons. The number of ketones is 1. The number of rotatable bonds is 9. The number of methoxy groups -OCH3 is 2. The third-order valence-electron chi connectivity index (χ3n) is 8.94. The monoisotopic (exact) mass is 593 g/mol. The van der Waals surface area contributed by atoms with Gasteiger partial charge in [-0.25, -0.2) is 4.79 Å². The lowest BCUT2D eigenvalue weighted by atomic mass is 9.71. The van der Waals surface area contributed by atoms with Gasteiger partial charge in [-0.15, -0.1) is 0 Å². The molecule has 0 bridgehead atoms. The quantitative estimate of drug-likeness (QED) is 0.264. The molecule has 0 saturated heterocycles. The maximum Gasteiger partial charge on any atom is 0.337 e. The van der Waals surface area contributed by atoms with Crippen LogP contribution in [0.25, 0.3) is 0 Å². The normalized spacial score (nSPS) is 20.2. The van der Waals surface area contributed by atoms with E-state index in [1.54, 1.807) is 14.2 Å². The molecule has 2 atom stereocenters. The second-order valence-corrected chi connectivity index (χ2v) is 11.8. The van der Waals surface area contributed by atoms with E-state index in [1.165, 1.54) is 0 Å². The summed E-state index contributed by atoms with van der Waals surface area (Å²) >= 11 is 0. The number of hydrogen-bond acceptors (Lipinski definition) is 7. The summed E-state index contributed by atoms with van der Waals surface area (Å²) in [5, 5.41) is 3.47. The highest BCUT2D eigenvalue weighted by Gasteiger charge is 2.42. The first-order valence-electron chi connectivity index (χ1n) is 15.4. The average Bonchev–Trinajstić information content (AvgIpc) is 3.56. The molecular weight excluding hydrogens is 554 g/mol. The van der Waals surface area contributed by atoms with Gasteiger partial charge < -0.3 is 24.3 Å². The lowest BCUT2D eigenvalue weighted by Crippen LogP contribution is -2.36. The molecule has 44 heavy (non-hydrogen) atoms. The van der Waals surface area contributed by atoms with Gasteiger partial charge in [-0.1, -0.05) is 48.5 Å². The molecule has 1 aliphatic heterocycles. The maximum absolute atomic E-state index is 14.1. The Kier molecular flexibility index (Phi) is 8.73. The van der Waals surface area contributed by atoms with Gasteiger partial charge in [-0.3, -0.25) is 4.79 Å². The molecule has 1 heterocycles. The van der Waals surface area contributed by atoms with E-state index in [4.69, 9.17) is 18.9 Å². The summed E-state index contributed by atoms with van der Waals surface area (Å²) in [5.74, 6) is 1.01. The van der Waals surface area contributed by atoms with Crippen molar-refractivity contribution in [2.45, 2.75) is 70.0 Å². The van der Waals surface area contributed by atoms with Crippen molar-refractivity contribution in [1.29, 1.82) is 0 Å². The van der Waals surface area contributed by atoms with E-state index in [1.807, 2.05) is 79.7 Å². The number of nitrogens with one attached hydrogen (secondary N) is 1. The van der Waals surface area contributed by atoms with E-state index >= 15 is 0 Å². The fourth-order valence-electron chi connectivity index (χ4n) is 6.73. The van der Waals surface area contributed by atoms with Gasteiger partial charge in [0.25, 0.3) is 0 Å². The van der Waals surface area contributed by atoms with Gasteiger partial charge in [0, 0.05) is 29.3 Å². The highest BCUT2D eigenvalue weighted by atomic mass is 16.5. The largest absolute Gasteiger partial charge is 0.493 e. The van der Waals surface area contributed by atoms with Crippen LogP contribution in [-0.4, -0.2) is 32.1 Å². The minimum absolute atomic E-state index is 0.0119. The second kappa shape index (κ2) is 13.0. The van der Waals surface area contributed by atoms with Crippen molar-refractivity contribution in [3.05, 3.63) is 112 Å². The summed E-state index contributed by atoms with van der Waals surface area (Å²) < 4.78 is 23.2. The van der Waals surface area contributed by atoms with Crippen LogP contribution in [0.3, 0.4) is 0 Å². The standard InChI is InChI=1S/C37H39NO6/c1-23-34(37(40)44-28-13-7-8-14-28)35(26-12-9-15-29(18-26)43-22-24-10-5-4-6-11-24)36-30(38-23)19-27(20-31(36)39)25-16-17-32(41-2)33(21-25)42-3/h4-6,9-12,15-18,21,27-28,35,38H,7-8,13-14,19-20,22H2,1-3H3/t27-,35+/m1/s1. The van der Waals surface area contributed by atoms with Crippen molar-refractivity contribution < 1.29 is 28.5 Å². The summed E-state index contributed by atoms with van der Waals surface area (Å²) in [6.45, 7) is 2.32. The first-order valence-corrected chi connectivity index (χ1v) is 15.4. The number of carbonyl (C=O) groups excluding carboxylic acids is 2. The zero-order valence-corrected chi connectivity index (χ0v) is 25.6. The zero-order valence-electron chi connectivity index (χ0n) is 25.6. The Hall–Kier alpha value is -4.52. The molecule has 1 N–H and O–H groups in total. The van der Waals surface area contributed by atoms with Crippen LogP contribution < -0.4 is 19.5 Å². The van der Waals surface area contributed by atoms with Crippen LogP contribution in [0, 0.1) is 0 Å². The van der Waals surface area contributed by atoms with Crippen LogP contribution in [0.1, 0.15) is 74.0 Å². The van der Waals surface area contributed by atoms with Crippen molar-refractivity contribution in [3.8, 4) is 17.2 Å². The number of benzene rings is 3. The fourth-order valence-corrected chi connectivity index (χ4v) is 6.73. The van der Waals surface area contributed by atoms with E-state index in [2.05, 4.69) is 5.32 Å². The van der Waals surface area contributed by atoms with Crippen molar-refractivity contribution in [2.24, 2.45) is 0 Å². The molecule has 7 heteroatoms. The maximum atomic E-state index is 14.1. The van der Waals surface area contributed by atoms with Crippen LogP contribution in [0.15, 0.2) is 95.3 Å². The third kappa shape index (κ3) is 6.09. The Balaban J connectivity index is 1.35. The SMILES string of the molecule is COc1ccc([C@H]2CC(=O)C3=C(C2)NC(C)=C(C(=O)OC2CCCC2)[C@@H]3c2cccc(OCc3ccccc3)c2)cc1OC. The third-order valence-corrected chi connectivity index (χ3v) is 8.94. The lowest BCUT2D eigenvalue weighted by molar-refractivity contribution is -0.144. The highest BCUT2D eigenvalue weighted by Crippen LogP contribution is 2.47. The molecule has 3 aliphatic rings. The number of dihydropyridines is 1. The predicted molar refractivity (Wildman–Crippen MR) is 168 cm³/mol. The highest BCUT2D eigenvalue weighted by molar-refractivity contribution is 6.04. The number of esters is 1. The Labute approximate surface area is 258 Å². The molecule has 2 aliphatic carbocycles. The van der Waals surface area contributed by atoms with Gasteiger partial charge in [0.15, 0.2) is 17.3 Å². The van der Waals surface area contributed by atoms with Crippen LogP contribution in [-0.2, 0) is 20.9 Å². The summed E-state index contributed by atoms with van der Waals surface area (Å²) in [6, 6.07) is 23.6. The zero-order chi connectivity index (χ0) is 30.6. The smallest absolute Gasteiger partial charge is 0.337 e. The van der Waals surface area contributed by atoms with Gasteiger partial charge in [0.2, 0.25) is 0 Å². The van der Waals surface area contributed by atoms with Crippen molar-refractivity contribution >= 4 is 11.8 Å². The fraction of sp³-hybridized carbons (Fsp3) is 0.351. The first kappa shape index (κ1) is 29.5. The van der Waals surface area contributed by atoms with Crippen LogP contribution in [0.4, 0.5) is 0 Å². The summed E-state index contributed by atoms with van der Waals surface area (Å²) in [4.78, 5) is 28.0. The molecule has 0 amide bonds. The first-order chi connectivity index (χ1) is 21.4. The van der Waals surface area contributed by atoms with Crippen LogP contribution in [0.5, 0.6) is 17.2 Å². The van der Waals surface area contributed by atoms with Gasteiger partial charge >= 0.3 is 5.97 Å². The predicted octanol–water partition coefficient (Wildman–Crippen LogP) is 7.13. The average molecular weight is 594 g/mol. The molecule has 1 saturated carbocycles. The molecule has 0 unspecified atom stereocenters. The number of allylic oxidation sites excluding steroid dienone is 3. The van der Waals surface area contributed by atoms with Crippen molar-refractivity contribution in [2.75, 3.05) is 14.2 Å². The van der Waals surface area contributed by atoms with Crippen molar-refractivity contribution in [1.82, 2.24) is 5.32 Å². The Bertz CT molecular complexity index is 1600. The number of carbonyl (C=O) groups is 2. The van der Waals surface area contributed by atoms with Crippen LogP contribution >= 0.6 is 0 Å². The summed E-state index contributed by atoms with van der Waals surface area (Å²) in [7, 11) is 3.22. The van der Waals surface area contributed by atoms with Crippen molar-refractivity contribution in [3.63, 3.8) is 0 Å². The molecule has 1 fully saturated rings. The molecule has 228 valence electrons. The molecular formula is C37H39NO6. The van der Waals surface area contributed by atoms with E-state index < -0.39 is 5.92 Å². The minimum Gasteiger partial charge on any atom is -0.493 e. The number of ether oxygens (including phenoxy) is 4. The van der Waals surface area contributed by atoms with E-state index in [0.717, 1.165) is 48.1 Å². The molecule has 6 rings (SSSR count). The number of Topliss-reactive ketones (excluding diaryl/α,β-unsaturated/α-hetero) is 1.